The Kier molecular flexibility index (Phi) is 7.18. The Labute approximate surface area is 156 Å². The fourth-order valence-corrected chi connectivity index (χ4v) is 3.58. The number of carbonyl (C=O) groups is 1. The first-order chi connectivity index (χ1) is 12.1. The van der Waals surface area contributed by atoms with E-state index >= 15 is 0 Å². The van der Waals surface area contributed by atoms with Crippen LogP contribution in [-0.2, 0) is 6.42 Å². The van der Waals surface area contributed by atoms with Crippen LogP contribution in [0.15, 0.2) is 53.7 Å². The lowest BCUT2D eigenvalue weighted by Crippen LogP contribution is -2.41. The minimum Gasteiger partial charge on any atom is -0.405 e. The summed E-state index contributed by atoms with van der Waals surface area (Å²) in [5.74, 6) is -0.197. The molecule has 1 heterocycles. The molecule has 0 aliphatic carbocycles. The topological polar surface area (TPSA) is 93.5 Å². The number of nitrogens with one attached hydrogen (secondary N) is 1. The molecule has 0 bridgehead atoms. The van der Waals surface area contributed by atoms with Crippen molar-refractivity contribution < 1.29 is 4.79 Å². The predicted molar refractivity (Wildman–Crippen MR) is 106 cm³/mol. The Balaban J connectivity index is 2.12. The summed E-state index contributed by atoms with van der Waals surface area (Å²) >= 11 is 7.46. The van der Waals surface area contributed by atoms with Gasteiger partial charge in [0.15, 0.2) is 0 Å². The molecule has 25 heavy (non-hydrogen) atoms. The number of amides is 1. The molecule has 5 nitrogen and oxygen atoms in total. The molecule has 0 spiro atoms. The molecule has 0 fully saturated rings. The Morgan fingerprint density at radius 3 is 2.72 bits per heavy atom. The predicted octanol–water partition coefficient (Wildman–Crippen LogP) is 2.59. The Bertz CT molecular complexity index is 771. The number of rotatable bonds is 7. The van der Waals surface area contributed by atoms with E-state index in [1.54, 1.807) is 19.2 Å². The first-order valence-electron chi connectivity index (χ1n) is 7.78. The summed E-state index contributed by atoms with van der Waals surface area (Å²) in [7, 11) is 1.65. The van der Waals surface area contributed by atoms with E-state index in [0.717, 1.165) is 5.56 Å². The molecule has 0 radical (unpaired) electrons. The quantitative estimate of drug-likeness (QED) is 0.648. The molecule has 7 heteroatoms. The second kappa shape index (κ2) is 9.36. The van der Waals surface area contributed by atoms with Crippen molar-refractivity contribution in [2.45, 2.75) is 12.5 Å². The maximum atomic E-state index is 12.5. The lowest BCUT2D eigenvalue weighted by atomic mass is 10.1. The molecule has 132 valence electrons. The average Bonchev–Trinajstić information content (AvgIpc) is 3.01. The van der Waals surface area contributed by atoms with E-state index in [1.807, 2.05) is 30.3 Å². The third kappa shape index (κ3) is 5.16. The standard InChI is InChI=1S/C18H21ClN4OS/c1-22-15(7-8-20)14-10-16(25-17(14)19)18(24)23-13(11-21)9-12-5-3-2-4-6-12/h2-8,10,13H,9,11,20-21H2,1H3,(H,23,24). The summed E-state index contributed by atoms with van der Waals surface area (Å²) in [5.41, 5.74) is 13.7. The Morgan fingerprint density at radius 2 is 2.12 bits per heavy atom. The molecular weight excluding hydrogens is 356 g/mol. The third-order valence-corrected chi connectivity index (χ3v) is 4.98. The second-order valence-corrected chi connectivity index (χ2v) is 7.02. The van der Waals surface area contributed by atoms with Gasteiger partial charge < -0.3 is 16.8 Å². The van der Waals surface area contributed by atoms with Crippen LogP contribution in [0.1, 0.15) is 20.8 Å². The summed E-state index contributed by atoms with van der Waals surface area (Å²) in [6, 6.07) is 11.5. The fourth-order valence-electron chi connectivity index (χ4n) is 2.38. The lowest BCUT2D eigenvalue weighted by Gasteiger charge is -2.16. The van der Waals surface area contributed by atoms with E-state index in [2.05, 4.69) is 10.3 Å². The van der Waals surface area contributed by atoms with Crippen LogP contribution < -0.4 is 16.8 Å². The smallest absolute Gasteiger partial charge is 0.261 e. The zero-order valence-corrected chi connectivity index (χ0v) is 15.5. The number of nitrogens with two attached hydrogens (primary N) is 2. The van der Waals surface area contributed by atoms with Gasteiger partial charge in [-0.05, 0) is 30.3 Å². The van der Waals surface area contributed by atoms with Crippen LogP contribution in [-0.4, -0.2) is 31.3 Å². The number of carbonyl (C=O) groups excluding carboxylic acids is 1. The number of nitrogens with zero attached hydrogens (tertiary/aromatic N) is 1. The van der Waals surface area contributed by atoms with E-state index in [0.29, 0.717) is 33.5 Å². The van der Waals surface area contributed by atoms with Crippen molar-refractivity contribution in [2.24, 2.45) is 16.5 Å². The molecule has 0 saturated carbocycles. The molecule has 5 N–H and O–H groups in total. The summed E-state index contributed by atoms with van der Waals surface area (Å²) in [4.78, 5) is 17.2. The summed E-state index contributed by atoms with van der Waals surface area (Å²) < 4.78 is 0.496. The second-order valence-electron chi connectivity index (χ2n) is 5.36. The molecule has 0 aliphatic rings. The van der Waals surface area contributed by atoms with E-state index in [4.69, 9.17) is 23.1 Å². The molecule has 0 aliphatic heterocycles. The highest BCUT2D eigenvalue weighted by Gasteiger charge is 2.18. The molecule has 0 saturated heterocycles. The summed E-state index contributed by atoms with van der Waals surface area (Å²) in [6.45, 7) is 0.351. The molecule has 2 aromatic rings. The molecular formula is C18H21ClN4OS. The van der Waals surface area contributed by atoms with E-state index < -0.39 is 0 Å². The normalized spacial score (nSPS) is 13.2. The number of halogens is 1. The zero-order valence-electron chi connectivity index (χ0n) is 13.9. The van der Waals surface area contributed by atoms with Crippen molar-refractivity contribution in [3.05, 3.63) is 69.0 Å². The monoisotopic (exact) mass is 376 g/mol. The molecule has 1 aromatic heterocycles. The minimum atomic E-state index is -0.197. The molecule has 1 aromatic carbocycles. The van der Waals surface area contributed by atoms with Crippen molar-refractivity contribution in [3.8, 4) is 0 Å². The summed E-state index contributed by atoms with van der Waals surface area (Å²) in [5, 5.41) is 2.97. The minimum absolute atomic E-state index is 0.150. The van der Waals surface area contributed by atoms with Gasteiger partial charge >= 0.3 is 0 Å². The first kappa shape index (κ1) is 19.2. The van der Waals surface area contributed by atoms with Gasteiger partial charge in [-0.2, -0.15) is 0 Å². The molecule has 1 amide bonds. The SMILES string of the molecule is CN=C(C=CN)c1cc(C(=O)NC(CN)Cc2ccccc2)sc1Cl. The average molecular weight is 377 g/mol. The number of hydrogen-bond donors (Lipinski definition) is 3. The van der Waals surface area contributed by atoms with Crippen molar-refractivity contribution in [1.82, 2.24) is 5.32 Å². The van der Waals surface area contributed by atoms with Crippen LogP contribution in [0.5, 0.6) is 0 Å². The van der Waals surface area contributed by atoms with E-state index in [-0.39, 0.29) is 11.9 Å². The Hall–Kier alpha value is -2.15. The van der Waals surface area contributed by atoms with Crippen LogP contribution in [0, 0.1) is 0 Å². The van der Waals surface area contributed by atoms with Crippen LogP contribution >= 0.6 is 22.9 Å². The van der Waals surface area contributed by atoms with E-state index in [9.17, 15) is 4.79 Å². The van der Waals surface area contributed by atoms with Crippen molar-refractivity contribution in [3.63, 3.8) is 0 Å². The largest absolute Gasteiger partial charge is 0.405 e. The maximum absolute atomic E-state index is 12.5. The molecule has 2 rings (SSSR count). The van der Waals surface area contributed by atoms with Gasteiger partial charge in [0.1, 0.15) is 4.34 Å². The lowest BCUT2D eigenvalue weighted by molar-refractivity contribution is 0.0942. The van der Waals surface area contributed by atoms with E-state index in [1.165, 1.54) is 17.5 Å². The van der Waals surface area contributed by atoms with Crippen LogP contribution in [0.4, 0.5) is 0 Å². The highest BCUT2D eigenvalue weighted by atomic mass is 35.5. The zero-order chi connectivity index (χ0) is 18.2. The molecule has 1 atom stereocenters. The van der Waals surface area contributed by atoms with Gasteiger partial charge in [-0.1, -0.05) is 41.9 Å². The van der Waals surface area contributed by atoms with Gasteiger partial charge in [-0.25, -0.2) is 0 Å². The van der Waals surface area contributed by atoms with Crippen LogP contribution in [0.25, 0.3) is 0 Å². The van der Waals surface area contributed by atoms with Gasteiger partial charge in [0.05, 0.1) is 10.6 Å². The third-order valence-electron chi connectivity index (χ3n) is 3.63. The van der Waals surface area contributed by atoms with Gasteiger partial charge in [0.25, 0.3) is 5.91 Å². The van der Waals surface area contributed by atoms with Gasteiger partial charge in [-0.15, -0.1) is 11.3 Å². The molecule has 1 unspecified atom stereocenters. The van der Waals surface area contributed by atoms with Crippen molar-refractivity contribution in [2.75, 3.05) is 13.6 Å². The number of allylic oxidation sites excluding steroid dienone is 1. The highest BCUT2D eigenvalue weighted by molar-refractivity contribution is 7.18. The van der Waals surface area contributed by atoms with Crippen LogP contribution in [0.2, 0.25) is 4.34 Å². The first-order valence-corrected chi connectivity index (χ1v) is 8.98. The van der Waals surface area contributed by atoms with Gasteiger partial charge in [0, 0.05) is 25.2 Å². The Morgan fingerprint density at radius 1 is 1.40 bits per heavy atom. The number of aliphatic imine (C=N–C) groups is 1. The number of benzene rings is 1. The highest BCUT2D eigenvalue weighted by Crippen LogP contribution is 2.28. The fraction of sp³-hybridized carbons (Fsp3) is 0.222. The number of thiophene rings is 1. The van der Waals surface area contributed by atoms with Crippen molar-refractivity contribution >= 4 is 34.6 Å². The maximum Gasteiger partial charge on any atom is 0.261 e. The number of hydrogen-bond acceptors (Lipinski definition) is 5. The van der Waals surface area contributed by atoms with Gasteiger partial charge in [-0.3, -0.25) is 9.79 Å². The van der Waals surface area contributed by atoms with Gasteiger partial charge in [0.2, 0.25) is 0 Å². The summed E-state index contributed by atoms with van der Waals surface area (Å²) in [6.07, 6.45) is 3.71. The van der Waals surface area contributed by atoms with Crippen LogP contribution in [0.3, 0.4) is 0 Å². The van der Waals surface area contributed by atoms with Crippen molar-refractivity contribution in [1.29, 1.82) is 0 Å².